The van der Waals surface area contributed by atoms with Crippen LogP contribution in [0.3, 0.4) is 0 Å². The van der Waals surface area contributed by atoms with Crippen LogP contribution in [0.2, 0.25) is 0 Å². The van der Waals surface area contributed by atoms with E-state index < -0.39 is 0 Å². The van der Waals surface area contributed by atoms with Gasteiger partial charge in [0.25, 0.3) is 0 Å². The van der Waals surface area contributed by atoms with E-state index in [0.29, 0.717) is 5.56 Å². The minimum Gasteiger partial charge on any atom is -0.496 e. The van der Waals surface area contributed by atoms with Gasteiger partial charge >= 0.3 is 0 Å². The lowest BCUT2D eigenvalue weighted by Crippen LogP contribution is -1.92. The predicted octanol–water partition coefficient (Wildman–Crippen LogP) is 4.58. The van der Waals surface area contributed by atoms with Gasteiger partial charge in [0, 0.05) is 22.0 Å². The highest BCUT2D eigenvalue weighted by Gasteiger charge is 2.18. The second kappa shape index (κ2) is 5.34. The minimum absolute atomic E-state index is 0.695. The largest absolute Gasteiger partial charge is 0.496 e. The fourth-order valence-corrected chi connectivity index (χ4v) is 2.98. The van der Waals surface area contributed by atoms with Gasteiger partial charge in [-0.1, -0.05) is 23.8 Å². The molecule has 0 aliphatic carbocycles. The van der Waals surface area contributed by atoms with Crippen LogP contribution < -0.4 is 4.74 Å². The third-order valence-electron chi connectivity index (χ3n) is 4.15. The molecule has 0 spiro atoms. The molecule has 0 unspecified atom stereocenters. The number of H-pyrrole nitrogens is 1. The van der Waals surface area contributed by atoms with E-state index in [1.165, 1.54) is 0 Å². The Kier molecular flexibility index (Phi) is 3.49. The molecular formula is C19H19NO2. The number of hydrogen-bond acceptors (Lipinski definition) is 2. The minimum atomic E-state index is 0.695. The maximum Gasteiger partial charge on any atom is 0.152 e. The number of methoxy groups -OCH3 is 1. The number of rotatable bonds is 3. The predicted molar refractivity (Wildman–Crippen MR) is 89.9 cm³/mol. The Labute approximate surface area is 129 Å². The smallest absolute Gasteiger partial charge is 0.152 e. The fourth-order valence-electron chi connectivity index (χ4n) is 2.98. The van der Waals surface area contributed by atoms with Crippen LogP contribution >= 0.6 is 0 Å². The highest BCUT2D eigenvalue weighted by Crippen LogP contribution is 2.37. The monoisotopic (exact) mass is 293 g/mol. The lowest BCUT2D eigenvalue weighted by molar-refractivity contribution is 0.112. The highest BCUT2D eigenvalue weighted by atomic mass is 16.5. The van der Waals surface area contributed by atoms with Crippen molar-refractivity contribution in [2.75, 3.05) is 7.11 Å². The van der Waals surface area contributed by atoms with Crippen LogP contribution in [-0.2, 0) is 0 Å². The zero-order valence-corrected chi connectivity index (χ0v) is 13.3. The molecule has 0 bridgehead atoms. The molecule has 1 N–H and O–H groups in total. The number of fused-ring (bicyclic) bond motifs is 1. The van der Waals surface area contributed by atoms with E-state index in [1.54, 1.807) is 7.11 Å². The maximum absolute atomic E-state index is 11.8. The third-order valence-corrected chi connectivity index (χ3v) is 4.15. The molecule has 2 aromatic carbocycles. The van der Waals surface area contributed by atoms with Gasteiger partial charge in [-0.15, -0.1) is 0 Å². The quantitative estimate of drug-likeness (QED) is 0.718. The number of aromatic nitrogens is 1. The number of carbonyl (C=O) groups excluding carboxylic acids is 1. The van der Waals surface area contributed by atoms with Crippen LogP contribution in [-0.4, -0.2) is 18.4 Å². The van der Waals surface area contributed by atoms with Crippen molar-refractivity contribution in [3.8, 4) is 17.0 Å². The van der Waals surface area contributed by atoms with Gasteiger partial charge in [-0.25, -0.2) is 0 Å². The number of aldehydes is 1. The van der Waals surface area contributed by atoms with Crippen molar-refractivity contribution < 1.29 is 9.53 Å². The van der Waals surface area contributed by atoms with Crippen molar-refractivity contribution in [2.24, 2.45) is 0 Å². The topological polar surface area (TPSA) is 42.1 Å². The first-order chi connectivity index (χ1) is 10.6. The summed E-state index contributed by atoms with van der Waals surface area (Å²) >= 11 is 0. The summed E-state index contributed by atoms with van der Waals surface area (Å²) in [6, 6.07) is 10.1. The normalized spacial score (nSPS) is 10.9. The molecule has 3 aromatic rings. The van der Waals surface area contributed by atoms with Gasteiger partial charge in [0.1, 0.15) is 5.75 Å². The second-order valence-electron chi connectivity index (χ2n) is 5.68. The zero-order chi connectivity index (χ0) is 15.9. The molecule has 1 aromatic heterocycles. The van der Waals surface area contributed by atoms with E-state index in [9.17, 15) is 4.79 Å². The number of benzene rings is 2. The number of nitrogens with one attached hydrogen (secondary N) is 1. The van der Waals surface area contributed by atoms with Gasteiger partial charge in [0.2, 0.25) is 0 Å². The van der Waals surface area contributed by atoms with Crippen molar-refractivity contribution in [2.45, 2.75) is 20.8 Å². The lowest BCUT2D eigenvalue weighted by Gasteiger charge is -2.09. The van der Waals surface area contributed by atoms with Gasteiger partial charge in [0.15, 0.2) is 6.29 Å². The van der Waals surface area contributed by atoms with Crippen LogP contribution in [0.15, 0.2) is 30.3 Å². The van der Waals surface area contributed by atoms with Crippen LogP contribution in [0, 0.1) is 20.8 Å². The Morgan fingerprint density at radius 2 is 1.77 bits per heavy atom. The maximum atomic E-state index is 11.8. The van der Waals surface area contributed by atoms with Crippen molar-refractivity contribution in [3.63, 3.8) is 0 Å². The number of ether oxygens (including phenoxy) is 1. The molecule has 0 radical (unpaired) electrons. The lowest BCUT2D eigenvalue weighted by atomic mass is 10.0. The first-order valence-corrected chi connectivity index (χ1v) is 7.29. The van der Waals surface area contributed by atoms with Gasteiger partial charge in [-0.2, -0.15) is 0 Å². The molecular weight excluding hydrogens is 274 g/mol. The second-order valence-corrected chi connectivity index (χ2v) is 5.68. The van der Waals surface area contributed by atoms with Crippen molar-refractivity contribution in [3.05, 3.63) is 52.6 Å². The number of aryl methyl sites for hydroxylation is 3. The van der Waals surface area contributed by atoms with Crippen molar-refractivity contribution >= 4 is 17.2 Å². The molecule has 112 valence electrons. The van der Waals surface area contributed by atoms with E-state index >= 15 is 0 Å². The van der Waals surface area contributed by atoms with Gasteiger partial charge < -0.3 is 9.72 Å². The number of hydrogen-bond donors (Lipinski definition) is 1. The first kappa shape index (κ1) is 14.4. The van der Waals surface area contributed by atoms with Crippen molar-refractivity contribution in [1.82, 2.24) is 4.98 Å². The highest BCUT2D eigenvalue weighted by molar-refractivity contribution is 6.07. The van der Waals surface area contributed by atoms with Crippen molar-refractivity contribution in [1.29, 1.82) is 0 Å². The summed E-state index contributed by atoms with van der Waals surface area (Å²) in [5, 5.41) is 0.994. The molecule has 0 fully saturated rings. The Hall–Kier alpha value is -2.55. The van der Waals surface area contributed by atoms with Gasteiger partial charge in [-0.3, -0.25) is 4.79 Å². The summed E-state index contributed by atoms with van der Waals surface area (Å²) in [7, 11) is 1.65. The average molecular weight is 293 g/mol. The molecule has 0 saturated heterocycles. The van der Waals surface area contributed by atoms with E-state index in [4.69, 9.17) is 4.74 Å². The Bertz CT molecular complexity index is 875. The Balaban J connectivity index is 2.42. The van der Waals surface area contributed by atoms with E-state index in [-0.39, 0.29) is 0 Å². The SMILES string of the molecule is COc1ccc(C)cc1-c1[nH]c2c(C)ccc(C)c2c1C=O. The number of aromatic amines is 1. The molecule has 22 heavy (non-hydrogen) atoms. The van der Waals surface area contributed by atoms with Crippen LogP contribution in [0.1, 0.15) is 27.0 Å². The molecule has 3 nitrogen and oxygen atoms in total. The molecule has 0 atom stereocenters. The summed E-state index contributed by atoms with van der Waals surface area (Å²) in [5.41, 5.74) is 6.79. The Morgan fingerprint density at radius 1 is 1.05 bits per heavy atom. The summed E-state index contributed by atoms with van der Waals surface area (Å²) in [5.74, 6) is 0.760. The van der Waals surface area contributed by atoms with Gasteiger partial charge in [0.05, 0.1) is 12.8 Å². The average Bonchev–Trinajstić information content (AvgIpc) is 2.91. The third kappa shape index (κ3) is 2.10. The van der Waals surface area contributed by atoms with E-state index in [1.807, 2.05) is 39.0 Å². The molecule has 0 aliphatic heterocycles. The molecule has 0 amide bonds. The summed E-state index contributed by atoms with van der Waals surface area (Å²) in [6.45, 7) is 6.10. The summed E-state index contributed by atoms with van der Waals surface area (Å²) in [4.78, 5) is 15.2. The number of carbonyl (C=O) groups is 1. The van der Waals surface area contributed by atoms with Crippen LogP contribution in [0.25, 0.3) is 22.2 Å². The standard InChI is InChI=1S/C19H19NO2/c1-11-5-8-16(22-4)14(9-11)19-15(10-21)17-12(2)6-7-13(3)18(17)20-19/h5-10,20H,1-4H3. The fraction of sp³-hybridized carbons (Fsp3) is 0.211. The van der Waals surface area contributed by atoms with E-state index in [0.717, 1.165) is 50.9 Å². The van der Waals surface area contributed by atoms with E-state index in [2.05, 4.69) is 17.1 Å². The summed E-state index contributed by atoms with van der Waals surface area (Å²) in [6.07, 6.45) is 0.933. The van der Waals surface area contributed by atoms with Gasteiger partial charge in [-0.05, 0) is 44.0 Å². The molecule has 0 aliphatic rings. The van der Waals surface area contributed by atoms with Crippen LogP contribution in [0.5, 0.6) is 5.75 Å². The molecule has 0 saturated carbocycles. The zero-order valence-electron chi connectivity index (χ0n) is 13.3. The first-order valence-electron chi connectivity index (χ1n) is 7.29. The molecule has 3 heteroatoms. The summed E-state index contributed by atoms with van der Waals surface area (Å²) < 4.78 is 5.47. The van der Waals surface area contributed by atoms with Crippen LogP contribution in [0.4, 0.5) is 0 Å². The molecule has 3 rings (SSSR count). The molecule has 1 heterocycles. The Morgan fingerprint density at radius 3 is 2.45 bits per heavy atom.